The Kier molecular flexibility index (Phi) is 12.1. The highest BCUT2D eigenvalue weighted by Gasteiger charge is 2.45. The molecule has 2 N–H and O–H groups in total. The van der Waals surface area contributed by atoms with Gasteiger partial charge in [-0.05, 0) is 80.2 Å². The molecular weight excluding hydrogens is 663 g/mol. The van der Waals surface area contributed by atoms with Crippen molar-refractivity contribution in [2.45, 2.75) is 100 Å². The molecule has 274 valence electrons. The van der Waals surface area contributed by atoms with Gasteiger partial charge in [-0.15, -0.1) is 11.8 Å². The number of rotatable bonds is 12. The molecule has 1 aliphatic heterocycles. The molecule has 0 bridgehead atoms. The third-order valence-corrected chi connectivity index (χ3v) is 12.4. The molecule has 4 aromatic carbocycles. The number of nitrogens with one attached hydrogen (secondary N) is 2. The first-order valence-electron chi connectivity index (χ1n) is 19.0. The zero-order chi connectivity index (χ0) is 36.7. The number of amides is 2. The number of carbonyl (C=O) groups excluding carboxylic acids is 2. The van der Waals surface area contributed by atoms with Gasteiger partial charge in [-0.2, -0.15) is 0 Å². The first-order valence-corrected chi connectivity index (χ1v) is 19.9. The molecule has 3 unspecified atom stereocenters. The van der Waals surface area contributed by atoms with Crippen LogP contribution in [0.5, 0.6) is 0 Å². The summed E-state index contributed by atoms with van der Waals surface area (Å²) in [4.78, 5) is 29.9. The molecule has 1 aliphatic carbocycles. The van der Waals surface area contributed by atoms with Crippen molar-refractivity contribution >= 4 is 23.8 Å². The Bertz CT molecular complexity index is 1660. The van der Waals surface area contributed by atoms with E-state index < -0.39 is 10.3 Å². The fraction of sp³-hybridized carbons (Fsp3) is 0.422. The Hall–Kier alpha value is -4.07. The van der Waals surface area contributed by atoms with Crippen LogP contribution in [-0.4, -0.2) is 52.9 Å². The predicted octanol–water partition coefficient (Wildman–Crippen LogP) is 9.29. The molecule has 6 nitrogen and oxygen atoms in total. The summed E-state index contributed by atoms with van der Waals surface area (Å²) in [6.45, 7) is 10.9. The lowest BCUT2D eigenvalue weighted by atomic mass is 9.84. The minimum absolute atomic E-state index is 0.00940. The van der Waals surface area contributed by atoms with Crippen molar-refractivity contribution in [3.63, 3.8) is 0 Å². The van der Waals surface area contributed by atoms with Crippen molar-refractivity contribution in [3.8, 4) is 0 Å². The lowest BCUT2D eigenvalue weighted by Gasteiger charge is -2.37. The molecule has 52 heavy (non-hydrogen) atoms. The monoisotopic (exact) mass is 717 g/mol. The quantitative estimate of drug-likeness (QED) is 0.143. The van der Waals surface area contributed by atoms with Crippen molar-refractivity contribution in [3.05, 3.63) is 143 Å². The van der Waals surface area contributed by atoms with Crippen LogP contribution in [0, 0.1) is 5.92 Å². The zero-order valence-corrected chi connectivity index (χ0v) is 32.2. The Balaban J connectivity index is 1.27. The van der Waals surface area contributed by atoms with Crippen LogP contribution >= 0.6 is 11.8 Å². The van der Waals surface area contributed by atoms with E-state index in [4.69, 9.17) is 4.74 Å². The number of ether oxygens (including phenoxy) is 1. The highest BCUT2D eigenvalue weighted by molar-refractivity contribution is 8.01. The number of carbonyl (C=O) groups is 2. The Morgan fingerprint density at radius 3 is 1.96 bits per heavy atom. The second-order valence-electron chi connectivity index (χ2n) is 15.5. The highest BCUT2D eigenvalue weighted by atomic mass is 32.2. The number of aryl methyl sites for hydroxylation is 1. The maximum Gasteiger partial charge on any atom is 0.410 e. The average Bonchev–Trinajstić information content (AvgIpc) is 3.58. The summed E-state index contributed by atoms with van der Waals surface area (Å²) < 4.78 is 5.46. The molecule has 0 spiro atoms. The van der Waals surface area contributed by atoms with E-state index in [1.165, 1.54) is 27.8 Å². The topological polar surface area (TPSA) is 70.7 Å². The highest BCUT2D eigenvalue weighted by Crippen LogP contribution is 2.52. The van der Waals surface area contributed by atoms with E-state index in [0.29, 0.717) is 13.1 Å². The molecular formula is C45H55N3O3S. The molecule has 7 heteroatoms. The van der Waals surface area contributed by atoms with E-state index >= 15 is 0 Å². The van der Waals surface area contributed by atoms with Gasteiger partial charge in [0.25, 0.3) is 0 Å². The molecule has 6 rings (SSSR count). The first-order chi connectivity index (χ1) is 25.1. The van der Waals surface area contributed by atoms with Crippen molar-refractivity contribution < 1.29 is 14.3 Å². The number of hydrogen-bond acceptors (Lipinski definition) is 5. The minimum Gasteiger partial charge on any atom is -0.444 e. The number of likely N-dealkylation sites (tertiary alicyclic amines) is 1. The van der Waals surface area contributed by atoms with Gasteiger partial charge in [-0.1, -0.05) is 136 Å². The van der Waals surface area contributed by atoms with Crippen LogP contribution in [0.25, 0.3) is 0 Å². The summed E-state index contributed by atoms with van der Waals surface area (Å²) in [5.41, 5.74) is 5.59. The van der Waals surface area contributed by atoms with Crippen LogP contribution in [0.2, 0.25) is 0 Å². The second-order valence-corrected chi connectivity index (χ2v) is 17.0. The van der Waals surface area contributed by atoms with Crippen LogP contribution < -0.4 is 10.6 Å². The summed E-state index contributed by atoms with van der Waals surface area (Å²) in [6, 6.07) is 40.2. The third kappa shape index (κ3) is 8.58. The van der Waals surface area contributed by atoms with Gasteiger partial charge in [-0.25, -0.2) is 4.79 Å². The van der Waals surface area contributed by atoms with Gasteiger partial charge in [0, 0.05) is 24.4 Å². The maximum absolute atomic E-state index is 14.1. The molecule has 1 saturated heterocycles. The summed E-state index contributed by atoms with van der Waals surface area (Å²) in [6.07, 6.45) is 4.45. The Morgan fingerprint density at radius 2 is 1.40 bits per heavy atom. The van der Waals surface area contributed by atoms with Gasteiger partial charge in [0.15, 0.2) is 0 Å². The average molecular weight is 718 g/mol. The molecule has 2 aliphatic rings. The molecule has 4 aromatic rings. The smallest absolute Gasteiger partial charge is 0.410 e. The molecule has 0 saturated carbocycles. The normalized spacial score (nSPS) is 20.1. The standard InChI is InChI=1S/C45H55N3O3S/c1-6-32(2)41(47-40-28-18-20-33-19-16-17-27-39(33)40)42(49)46-30-37-29-38(31-48(37)43(50)51-44(3,4)5)52-45(34-21-10-7-11-22-34,35-23-12-8-13-24-35)36-25-14-9-15-26-36/h7-17,19,21-27,32,37-38,40-41,47H,6,18,20,28-31H2,1-5H3,(H,46,49)/t32-,37?,38?,40?,41-/m0/s1. The third-order valence-electron chi connectivity index (χ3n) is 10.6. The lowest BCUT2D eigenvalue weighted by Crippen LogP contribution is -2.52. The number of fused-ring (bicyclic) bond motifs is 1. The van der Waals surface area contributed by atoms with E-state index in [1.54, 1.807) is 0 Å². The first kappa shape index (κ1) is 37.7. The van der Waals surface area contributed by atoms with Crippen LogP contribution in [0.1, 0.15) is 94.2 Å². The van der Waals surface area contributed by atoms with Crippen LogP contribution in [0.4, 0.5) is 4.79 Å². The maximum atomic E-state index is 14.1. The zero-order valence-electron chi connectivity index (χ0n) is 31.4. The Labute approximate surface area is 315 Å². The van der Waals surface area contributed by atoms with Gasteiger partial charge in [-0.3, -0.25) is 10.1 Å². The van der Waals surface area contributed by atoms with Crippen molar-refractivity contribution in [1.82, 2.24) is 15.5 Å². The fourth-order valence-corrected chi connectivity index (χ4v) is 9.75. The van der Waals surface area contributed by atoms with E-state index in [0.717, 1.165) is 32.1 Å². The van der Waals surface area contributed by atoms with Gasteiger partial charge < -0.3 is 15.0 Å². The summed E-state index contributed by atoms with van der Waals surface area (Å²) >= 11 is 1.89. The Morgan fingerprint density at radius 1 is 0.846 bits per heavy atom. The van der Waals surface area contributed by atoms with E-state index in [-0.39, 0.29) is 41.3 Å². The van der Waals surface area contributed by atoms with Gasteiger partial charge >= 0.3 is 6.09 Å². The van der Waals surface area contributed by atoms with Crippen molar-refractivity contribution in [2.75, 3.05) is 13.1 Å². The van der Waals surface area contributed by atoms with Crippen LogP contribution in [-0.2, 0) is 20.7 Å². The number of thioether (sulfide) groups is 1. The van der Waals surface area contributed by atoms with Gasteiger partial charge in [0.05, 0.1) is 16.8 Å². The molecule has 5 atom stereocenters. The molecule has 1 heterocycles. The van der Waals surface area contributed by atoms with Gasteiger partial charge in [0.2, 0.25) is 5.91 Å². The van der Waals surface area contributed by atoms with E-state index in [1.807, 2.05) is 37.4 Å². The predicted molar refractivity (Wildman–Crippen MR) is 213 cm³/mol. The fourth-order valence-electron chi connectivity index (χ4n) is 7.88. The SMILES string of the molecule is CC[C@H](C)[C@H](NC1CCCc2ccccc21)C(=O)NCC1CC(SC(c2ccccc2)(c2ccccc2)c2ccccc2)CN1C(=O)OC(C)(C)C. The molecule has 1 fully saturated rings. The lowest BCUT2D eigenvalue weighted by molar-refractivity contribution is -0.124. The van der Waals surface area contributed by atoms with Crippen LogP contribution in [0.15, 0.2) is 115 Å². The van der Waals surface area contributed by atoms with E-state index in [2.05, 4.69) is 140 Å². The number of nitrogens with zero attached hydrogens (tertiary/aromatic N) is 1. The second kappa shape index (κ2) is 16.7. The summed E-state index contributed by atoms with van der Waals surface area (Å²) in [5, 5.41) is 7.16. The van der Waals surface area contributed by atoms with E-state index in [9.17, 15) is 9.59 Å². The van der Waals surface area contributed by atoms with Crippen molar-refractivity contribution in [2.24, 2.45) is 5.92 Å². The largest absolute Gasteiger partial charge is 0.444 e. The number of benzene rings is 4. The van der Waals surface area contributed by atoms with Gasteiger partial charge in [0.1, 0.15) is 5.60 Å². The van der Waals surface area contributed by atoms with Crippen molar-refractivity contribution in [1.29, 1.82) is 0 Å². The minimum atomic E-state index is -0.639. The molecule has 2 amide bonds. The molecule has 0 radical (unpaired) electrons. The van der Waals surface area contributed by atoms with Crippen LogP contribution in [0.3, 0.4) is 0 Å². The summed E-state index contributed by atoms with van der Waals surface area (Å²) in [5.74, 6) is 0.135. The molecule has 0 aromatic heterocycles. The summed E-state index contributed by atoms with van der Waals surface area (Å²) in [7, 11) is 0. The number of hydrogen-bond donors (Lipinski definition) is 2.